The van der Waals surface area contributed by atoms with Crippen LogP contribution >= 0.6 is 0 Å². The zero-order chi connectivity index (χ0) is 18.5. The maximum Gasteiger partial charge on any atom is 0.225 e. The summed E-state index contributed by atoms with van der Waals surface area (Å²) in [6.45, 7) is 0.928. The van der Waals surface area contributed by atoms with E-state index in [1.54, 1.807) is 11.0 Å². The van der Waals surface area contributed by atoms with Crippen LogP contribution in [0.3, 0.4) is 0 Å². The second-order valence-corrected chi connectivity index (χ2v) is 7.47. The van der Waals surface area contributed by atoms with Crippen LogP contribution in [0.25, 0.3) is 0 Å². The fourth-order valence-corrected chi connectivity index (χ4v) is 3.84. The molecule has 1 unspecified atom stereocenters. The number of hydrogen-bond donors (Lipinski definition) is 2. The van der Waals surface area contributed by atoms with Crippen LogP contribution in [0.1, 0.15) is 44.1 Å². The van der Waals surface area contributed by atoms with Gasteiger partial charge in [-0.1, -0.05) is 12.1 Å². The van der Waals surface area contributed by atoms with Gasteiger partial charge in [0.25, 0.3) is 0 Å². The molecule has 1 saturated carbocycles. The molecule has 6 heteroatoms. The molecule has 2 fully saturated rings. The number of benzene rings is 1. The van der Waals surface area contributed by atoms with Crippen molar-refractivity contribution in [3.05, 3.63) is 35.6 Å². The third-order valence-electron chi connectivity index (χ3n) is 5.47. The van der Waals surface area contributed by atoms with Gasteiger partial charge in [0.05, 0.1) is 12.0 Å². The van der Waals surface area contributed by atoms with Gasteiger partial charge in [0.15, 0.2) is 0 Å². The topological polar surface area (TPSA) is 69.6 Å². The molecule has 0 spiro atoms. The smallest absolute Gasteiger partial charge is 0.225 e. The van der Waals surface area contributed by atoms with Gasteiger partial charge >= 0.3 is 0 Å². The van der Waals surface area contributed by atoms with E-state index in [2.05, 4.69) is 5.32 Å². The van der Waals surface area contributed by atoms with Gasteiger partial charge < -0.3 is 15.3 Å². The predicted molar refractivity (Wildman–Crippen MR) is 95.8 cm³/mol. The van der Waals surface area contributed by atoms with Crippen LogP contribution in [0.2, 0.25) is 0 Å². The number of hydrogen-bond acceptors (Lipinski definition) is 3. The predicted octanol–water partition coefficient (Wildman–Crippen LogP) is 2.03. The first-order chi connectivity index (χ1) is 12.5. The summed E-state index contributed by atoms with van der Waals surface area (Å²) in [6.07, 6.45) is 4.37. The number of rotatable bonds is 5. The molecular formula is C20H27FN2O3. The Labute approximate surface area is 153 Å². The number of nitrogens with zero attached hydrogens (tertiary/aromatic N) is 1. The van der Waals surface area contributed by atoms with Crippen LogP contribution in [0.15, 0.2) is 24.3 Å². The van der Waals surface area contributed by atoms with Crippen molar-refractivity contribution >= 4 is 11.8 Å². The molecule has 2 aliphatic rings. The van der Waals surface area contributed by atoms with Gasteiger partial charge in [-0.25, -0.2) is 4.39 Å². The molecule has 1 heterocycles. The van der Waals surface area contributed by atoms with Gasteiger partial charge in [0, 0.05) is 25.6 Å². The molecule has 1 aromatic rings. The van der Waals surface area contributed by atoms with E-state index in [1.165, 1.54) is 12.1 Å². The standard InChI is InChI=1S/C20H27FN2O3/c21-16-3-1-2-14(12-16)10-11-23-13-15(4-9-19(23)25)20(26)22-17-5-7-18(24)8-6-17/h1-3,12,15,17-18,24H,4-11,13H2,(H,22,26). The van der Waals surface area contributed by atoms with E-state index in [0.717, 1.165) is 31.2 Å². The van der Waals surface area contributed by atoms with Gasteiger partial charge in [0.1, 0.15) is 5.82 Å². The van der Waals surface area contributed by atoms with E-state index in [0.29, 0.717) is 32.4 Å². The van der Waals surface area contributed by atoms with Gasteiger partial charge in [-0.15, -0.1) is 0 Å². The second kappa shape index (κ2) is 8.62. The molecule has 1 aliphatic heterocycles. The Kier molecular flexibility index (Phi) is 6.25. The van der Waals surface area contributed by atoms with Gasteiger partial charge in [-0.2, -0.15) is 0 Å². The lowest BCUT2D eigenvalue weighted by atomic mass is 9.91. The summed E-state index contributed by atoms with van der Waals surface area (Å²) in [5.74, 6) is -0.393. The normalized spacial score (nSPS) is 26.6. The minimum Gasteiger partial charge on any atom is -0.393 e. The first-order valence-corrected chi connectivity index (χ1v) is 9.52. The van der Waals surface area contributed by atoms with Crippen LogP contribution in [-0.4, -0.2) is 47.1 Å². The number of halogens is 1. The molecule has 1 saturated heterocycles. The van der Waals surface area contributed by atoms with Crippen molar-refractivity contribution in [1.29, 1.82) is 0 Å². The van der Waals surface area contributed by atoms with Crippen LogP contribution in [0.4, 0.5) is 4.39 Å². The van der Waals surface area contributed by atoms with Crippen LogP contribution < -0.4 is 5.32 Å². The number of piperidine rings is 1. The summed E-state index contributed by atoms with van der Waals surface area (Å²) < 4.78 is 13.3. The molecule has 5 nitrogen and oxygen atoms in total. The van der Waals surface area contributed by atoms with Gasteiger partial charge in [-0.05, 0) is 56.2 Å². The van der Waals surface area contributed by atoms with Crippen LogP contribution in [-0.2, 0) is 16.0 Å². The van der Waals surface area contributed by atoms with Crippen molar-refractivity contribution < 1.29 is 19.1 Å². The molecule has 26 heavy (non-hydrogen) atoms. The molecule has 3 rings (SSSR count). The molecule has 1 aliphatic carbocycles. The largest absolute Gasteiger partial charge is 0.393 e. The average Bonchev–Trinajstić information content (AvgIpc) is 2.63. The van der Waals surface area contributed by atoms with E-state index in [4.69, 9.17) is 0 Å². The average molecular weight is 362 g/mol. The van der Waals surface area contributed by atoms with Crippen LogP contribution in [0.5, 0.6) is 0 Å². The Morgan fingerprint density at radius 1 is 1.23 bits per heavy atom. The first-order valence-electron chi connectivity index (χ1n) is 9.52. The number of amides is 2. The fraction of sp³-hybridized carbons (Fsp3) is 0.600. The summed E-state index contributed by atoms with van der Waals surface area (Å²) >= 11 is 0. The molecule has 2 amide bonds. The fourth-order valence-electron chi connectivity index (χ4n) is 3.84. The van der Waals surface area contributed by atoms with E-state index in [1.807, 2.05) is 6.07 Å². The first kappa shape index (κ1) is 18.8. The SMILES string of the molecule is O=C(NC1CCC(O)CC1)C1CCC(=O)N(CCc2cccc(F)c2)C1. The number of aliphatic hydroxyl groups excluding tert-OH is 1. The highest BCUT2D eigenvalue weighted by molar-refractivity contribution is 5.84. The number of carbonyl (C=O) groups is 2. The Morgan fingerprint density at radius 2 is 2.00 bits per heavy atom. The van der Waals surface area contributed by atoms with Crippen LogP contribution in [0, 0.1) is 11.7 Å². The highest BCUT2D eigenvalue weighted by Gasteiger charge is 2.31. The molecule has 1 aromatic carbocycles. The minimum absolute atomic E-state index is 0.00893. The summed E-state index contributed by atoms with van der Waals surface area (Å²) in [5, 5.41) is 12.7. The van der Waals surface area contributed by atoms with Crippen molar-refractivity contribution in [1.82, 2.24) is 10.2 Å². The van der Waals surface area contributed by atoms with Crippen molar-refractivity contribution in [2.45, 2.75) is 57.1 Å². The van der Waals surface area contributed by atoms with E-state index >= 15 is 0 Å². The molecule has 142 valence electrons. The second-order valence-electron chi connectivity index (χ2n) is 7.47. The molecular weight excluding hydrogens is 335 g/mol. The summed E-state index contributed by atoms with van der Waals surface area (Å²) in [5.41, 5.74) is 0.852. The number of nitrogens with one attached hydrogen (secondary N) is 1. The zero-order valence-electron chi connectivity index (χ0n) is 15.0. The number of carbonyl (C=O) groups excluding carboxylic acids is 2. The zero-order valence-corrected chi connectivity index (χ0v) is 15.0. The van der Waals surface area contributed by atoms with Gasteiger partial charge in [-0.3, -0.25) is 9.59 Å². The maximum absolute atomic E-state index is 13.3. The Balaban J connectivity index is 1.50. The minimum atomic E-state index is -0.276. The summed E-state index contributed by atoms with van der Waals surface area (Å²) in [6, 6.07) is 6.53. The quantitative estimate of drug-likeness (QED) is 0.842. The molecule has 0 radical (unpaired) electrons. The monoisotopic (exact) mass is 362 g/mol. The van der Waals surface area contributed by atoms with Crippen molar-refractivity contribution in [2.24, 2.45) is 5.92 Å². The van der Waals surface area contributed by atoms with Gasteiger partial charge in [0.2, 0.25) is 11.8 Å². The van der Waals surface area contributed by atoms with E-state index in [-0.39, 0.29) is 35.7 Å². The highest BCUT2D eigenvalue weighted by atomic mass is 19.1. The van der Waals surface area contributed by atoms with E-state index in [9.17, 15) is 19.1 Å². The van der Waals surface area contributed by atoms with Crippen molar-refractivity contribution in [3.63, 3.8) is 0 Å². The van der Waals surface area contributed by atoms with Crippen molar-refractivity contribution in [2.75, 3.05) is 13.1 Å². The number of likely N-dealkylation sites (tertiary alicyclic amines) is 1. The lowest BCUT2D eigenvalue weighted by Gasteiger charge is -2.34. The third kappa shape index (κ3) is 5.04. The van der Waals surface area contributed by atoms with Crippen molar-refractivity contribution in [3.8, 4) is 0 Å². The molecule has 0 aromatic heterocycles. The molecule has 1 atom stereocenters. The summed E-state index contributed by atoms with van der Waals surface area (Å²) in [4.78, 5) is 26.5. The number of aliphatic hydroxyl groups is 1. The summed E-state index contributed by atoms with van der Waals surface area (Å²) in [7, 11) is 0. The Morgan fingerprint density at radius 3 is 2.73 bits per heavy atom. The molecule has 2 N–H and O–H groups in total. The molecule has 0 bridgehead atoms. The van der Waals surface area contributed by atoms with E-state index < -0.39 is 0 Å². The maximum atomic E-state index is 13.3. The third-order valence-corrected chi connectivity index (χ3v) is 5.47. The Bertz CT molecular complexity index is 644. The Hall–Kier alpha value is -1.95. The lowest BCUT2D eigenvalue weighted by molar-refractivity contribution is -0.138. The lowest BCUT2D eigenvalue weighted by Crippen LogP contribution is -2.49. The highest BCUT2D eigenvalue weighted by Crippen LogP contribution is 2.22.